The fraction of sp³-hybridized carbons (Fsp3) is 0.759. The van der Waals surface area contributed by atoms with Crippen LogP contribution in [0.25, 0.3) is 0 Å². The maximum Gasteiger partial charge on any atom is 0.180 e. The lowest BCUT2D eigenvalue weighted by atomic mass is 9.58. The molecule has 3 atom stereocenters. The molecule has 4 rings (SSSR count). The van der Waals surface area contributed by atoms with E-state index in [0.29, 0.717) is 77.7 Å². The highest BCUT2D eigenvalue weighted by Crippen LogP contribution is 2.49. The fourth-order valence-electron chi connectivity index (χ4n) is 5.69. The van der Waals surface area contributed by atoms with E-state index in [-0.39, 0.29) is 11.5 Å². The van der Waals surface area contributed by atoms with Gasteiger partial charge in [-0.15, -0.1) is 0 Å². The molecule has 2 fully saturated rings. The number of piperidine rings is 1. The molecular formula is C29H46N2O6. The molecule has 3 aliphatic rings. The molecule has 1 saturated heterocycles. The van der Waals surface area contributed by atoms with Crippen molar-refractivity contribution in [3.63, 3.8) is 0 Å². The van der Waals surface area contributed by atoms with Crippen molar-refractivity contribution in [2.75, 3.05) is 91.5 Å². The Balaban J connectivity index is 1.12. The van der Waals surface area contributed by atoms with Crippen LogP contribution in [0.3, 0.4) is 0 Å². The Morgan fingerprint density at radius 1 is 0.946 bits per heavy atom. The molecule has 0 radical (unpaired) electrons. The van der Waals surface area contributed by atoms with Crippen molar-refractivity contribution in [3.8, 4) is 0 Å². The van der Waals surface area contributed by atoms with Crippen molar-refractivity contribution in [1.82, 2.24) is 4.90 Å². The van der Waals surface area contributed by atoms with Crippen LogP contribution in [0.15, 0.2) is 18.2 Å². The van der Waals surface area contributed by atoms with Crippen LogP contribution in [0, 0.1) is 11.8 Å². The van der Waals surface area contributed by atoms with E-state index in [0.717, 1.165) is 36.7 Å². The third kappa shape index (κ3) is 7.52. The predicted molar refractivity (Wildman–Crippen MR) is 144 cm³/mol. The molecule has 8 nitrogen and oxygen atoms in total. The van der Waals surface area contributed by atoms with Gasteiger partial charge >= 0.3 is 0 Å². The average molecular weight is 519 g/mol. The highest BCUT2D eigenvalue weighted by atomic mass is 16.6. The van der Waals surface area contributed by atoms with Crippen LogP contribution in [0.1, 0.15) is 49.0 Å². The Hall–Kier alpha value is -1.55. The van der Waals surface area contributed by atoms with Gasteiger partial charge in [0.1, 0.15) is 0 Å². The van der Waals surface area contributed by atoms with Crippen molar-refractivity contribution in [1.29, 1.82) is 0 Å². The molecule has 8 heteroatoms. The minimum absolute atomic E-state index is 0.0351. The van der Waals surface area contributed by atoms with Gasteiger partial charge in [-0.2, -0.15) is 0 Å². The standard InChI is InChI=1S/C29H46N2O6/c1-22-27-28(32)25-7-6-24(20-26(25)29(22,2)8-10-31(27)21-23-4-5-23)30-9-11-34-14-15-36-18-19-37-17-16-35-13-12-33-3/h6-7,20,22-23,27,30H,4-5,8-19,21H2,1-3H3/t22-,27-,29+/m0/s1. The molecule has 1 aromatic carbocycles. The number of benzene rings is 1. The number of nitrogens with zero attached hydrogens (tertiary/aromatic N) is 1. The lowest BCUT2D eigenvalue weighted by molar-refractivity contribution is -0.00700. The maximum absolute atomic E-state index is 13.5. The van der Waals surface area contributed by atoms with E-state index in [1.165, 1.54) is 18.4 Å². The molecule has 0 unspecified atom stereocenters. The quantitative estimate of drug-likeness (QED) is 0.297. The molecule has 0 amide bonds. The van der Waals surface area contributed by atoms with Gasteiger partial charge < -0.3 is 29.0 Å². The summed E-state index contributed by atoms with van der Waals surface area (Å²) in [6.45, 7) is 12.6. The van der Waals surface area contributed by atoms with Gasteiger partial charge in [-0.3, -0.25) is 9.69 Å². The monoisotopic (exact) mass is 518 g/mol. The number of likely N-dealkylation sites (tertiary alicyclic amines) is 1. The summed E-state index contributed by atoms with van der Waals surface area (Å²) in [7, 11) is 1.66. The molecule has 0 spiro atoms. The number of anilines is 1. The van der Waals surface area contributed by atoms with Gasteiger partial charge in [-0.25, -0.2) is 0 Å². The Bertz CT molecular complexity index is 863. The zero-order chi connectivity index (χ0) is 26.1. The molecule has 0 aromatic heterocycles. The first-order valence-electron chi connectivity index (χ1n) is 14.0. The summed E-state index contributed by atoms with van der Waals surface area (Å²) in [6.07, 6.45) is 3.76. The highest BCUT2D eigenvalue weighted by molar-refractivity contribution is 6.04. The normalized spacial score (nSPS) is 25.3. The molecule has 2 bridgehead atoms. The number of methoxy groups -OCH3 is 1. The van der Waals surface area contributed by atoms with Gasteiger partial charge in [0.25, 0.3) is 0 Å². The number of ketones is 1. The smallest absolute Gasteiger partial charge is 0.180 e. The van der Waals surface area contributed by atoms with Crippen molar-refractivity contribution < 1.29 is 28.5 Å². The maximum atomic E-state index is 13.5. The number of rotatable bonds is 18. The van der Waals surface area contributed by atoms with Crippen molar-refractivity contribution in [2.24, 2.45) is 11.8 Å². The third-order valence-electron chi connectivity index (χ3n) is 8.27. The Labute approximate surface area is 222 Å². The molecular weight excluding hydrogens is 472 g/mol. The molecule has 1 N–H and O–H groups in total. The summed E-state index contributed by atoms with van der Waals surface area (Å²) in [5.74, 6) is 1.45. The third-order valence-corrected chi connectivity index (χ3v) is 8.27. The average Bonchev–Trinajstić information content (AvgIpc) is 3.72. The first-order valence-corrected chi connectivity index (χ1v) is 14.0. The predicted octanol–water partition coefficient (Wildman–Crippen LogP) is 3.39. The van der Waals surface area contributed by atoms with Crippen LogP contribution >= 0.6 is 0 Å². The number of ether oxygens (including phenoxy) is 5. The van der Waals surface area contributed by atoms with Crippen LogP contribution in [0.4, 0.5) is 5.69 Å². The topological polar surface area (TPSA) is 78.5 Å². The second kappa shape index (κ2) is 14.0. The summed E-state index contributed by atoms with van der Waals surface area (Å²) in [5, 5.41) is 3.47. The minimum Gasteiger partial charge on any atom is -0.383 e. The highest BCUT2D eigenvalue weighted by Gasteiger charge is 2.52. The summed E-state index contributed by atoms with van der Waals surface area (Å²) in [5.41, 5.74) is 3.24. The second-order valence-corrected chi connectivity index (χ2v) is 10.8. The zero-order valence-corrected chi connectivity index (χ0v) is 23.0. The van der Waals surface area contributed by atoms with Crippen LogP contribution in [-0.4, -0.2) is 103 Å². The number of carbonyl (C=O) groups is 1. The van der Waals surface area contributed by atoms with E-state index in [2.05, 4.69) is 30.1 Å². The van der Waals surface area contributed by atoms with E-state index in [4.69, 9.17) is 23.7 Å². The van der Waals surface area contributed by atoms with Gasteiger partial charge in [0.15, 0.2) is 5.78 Å². The van der Waals surface area contributed by atoms with Crippen LogP contribution in [0.5, 0.6) is 0 Å². The number of Topliss-reactive ketones (excluding diaryl/α,β-unsaturated/α-hetero) is 1. The largest absolute Gasteiger partial charge is 0.383 e. The van der Waals surface area contributed by atoms with E-state index >= 15 is 0 Å². The molecule has 1 aliphatic heterocycles. The van der Waals surface area contributed by atoms with E-state index in [9.17, 15) is 4.79 Å². The van der Waals surface area contributed by atoms with Gasteiger partial charge in [0.05, 0.1) is 65.5 Å². The Morgan fingerprint density at radius 3 is 2.19 bits per heavy atom. The van der Waals surface area contributed by atoms with Crippen LogP contribution in [-0.2, 0) is 29.1 Å². The summed E-state index contributed by atoms with van der Waals surface area (Å²) < 4.78 is 26.9. The SMILES string of the molecule is COCCOCCOCCOCCOCCNc1ccc2c(c1)[C@]1(C)CCN(CC3CC3)[C@H](C2=O)[C@@H]1C. The van der Waals surface area contributed by atoms with Gasteiger partial charge in [-0.1, -0.05) is 13.8 Å². The molecule has 37 heavy (non-hydrogen) atoms. The van der Waals surface area contributed by atoms with E-state index in [1.807, 2.05) is 12.1 Å². The number of nitrogens with one attached hydrogen (secondary N) is 1. The fourth-order valence-corrected chi connectivity index (χ4v) is 5.69. The number of hydrogen-bond donors (Lipinski definition) is 1. The van der Waals surface area contributed by atoms with E-state index < -0.39 is 0 Å². The Morgan fingerprint density at radius 2 is 1.57 bits per heavy atom. The van der Waals surface area contributed by atoms with Crippen LogP contribution in [0.2, 0.25) is 0 Å². The molecule has 208 valence electrons. The summed E-state index contributed by atoms with van der Waals surface area (Å²) >= 11 is 0. The lowest BCUT2D eigenvalue weighted by Gasteiger charge is -2.53. The first-order chi connectivity index (χ1) is 18.0. The first kappa shape index (κ1) is 28.5. The van der Waals surface area contributed by atoms with Gasteiger partial charge in [0, 0.05) is 31.5 Å². The minimum atomic E-state index is 0.0351. The molecule has 2 aliphatic carbocycles. The lowest BCUT2D eigenvalue weighted by Crippen LogP contribution is -2.61. The molecule has 1 aromatic rings. The number of hydrogen-bond acceptors (Lipinski definition) is 8. The number of carbonyl (C=O) groups excluding carboxylic acids is 1. The van der Waals surface area contributed by atoms with Crippen LogP contribution < -0.4 is 5.32 Å². The summed E-state index contributed by atoms with van der Waals surface area (Å²) in [6, 6.07) is 6.33. The number of fused-ring (bicyclic) bond motifs is 4. The van der Waals surface area contributed by atoms with Crippen molar-refractivity contribution >= 4 is 11.5 Å². The zero-order valence-electron chi connectivity index (χ0n) is 23.0. The second-order valence-electron chi connectivity index (χ2n) is 10.8. The van der Waals surface area contributed by atoms with Gasteiger partial charge in [-0.05, 0) is 66.8 Å². The van der Waals surface area contributed by atoms with E-state index in [1.54, 1.807) is 7.11 Å². The molecule has 1 saturated carbocycles. The van der Waals surface area contributed by atoms with Gasteiger partial charge in [0.2, 0.25) is 0 Å². The van der Waals surface area contributed by atoms with Crippen molar-refractivity contribution in [2.45, 2.75) is 44.6 Å². The van der Waals surface area contributed by atoms with Crippen molar-refractivity contribution in [3.05, 3.63) is 29.3 Å². The Kier molecular flexibility index (Phi) is 10.8. The molecule has 1 heterocycles. The summed E-state index contributed by atoms with van der Waals surface area (Å²) in [4.78, 5) is 16.0.